The van der Waals surface area contributed by atoms with E-state index in [1.165, 1.54) is 0 Å². The van der Waals surface area contributed by atoms with E-state index >= 15 is 0 Å². The highest BCUT2D eigenvalue weighted by atomic mass is 16.6. The zero-order valence-electron chi connectivity index (χ0n) is 5.50. The quantitative estimate of drug-likeness (QED) is 0.548. The minimum atomic E-state index is -0.300. The van der Waals surface area contributed by atoms with Crippen molar-refractivity contribution in [1.82, 2.24) is 5.32 Å². The third kappa shape index (κ3) is 1.21. The zero-order valence-corrected chi connectivity index (χ0v) is 5.50. The van der Waals surface area contributed by atoms with E-state index in [2.05, 4.69) is 5.32 Å². The molecule has 2 saturated heterocycles. The molecule has 4 heteroatoms. The molecule has 0 aromatic heterocycles. The molecular weight excluding hydrogens is 134 g/mol. The standard InChI is InChI=1S/C6H9NO3/c8-6-7-2-4(10-6)1-5-3-9-5/h4-5H,1-3H2,(H,7,8). The Hall–Kier alpha value is -0.770. The summed E-state index contributed by atoms with van der Waals surface area (Å²) in [6.45, 7) is 1.47. The zero-order chi connectivity index (χ0) is 6.97. The van der Waals surface area contributed by atoms with Crippen LogP contribution in [0.2, 0.25) is 0 Å². The summed E-state index contributed by atoms with van der Waals surface area (Å²) in [4.78, 5) is 10.5. The highest BCUT2D eigenvalue weighted by Crippen LogP contribution is 2.18. The summed E-state index contributed by atoms with van der Waals surface area (Å²) in [5.74, 6) is 0. The van der Waals surface area contributed by atoms with Gasteiger partial charge in [0, 0.05) is 6.42 Å². The molecule has 1 amide bonds. The van der Waals surface area contributed by atoms with Crippen LogP contribution in [0.3, 0.4) is 0 Å². The topological polar surface area (TPSA) is 50.9 Å². The molecule has 2 aliphatic rings. The Morgan fingerprint density at radius 1 is 1.60 bits per heavy atom. The molecule has 0 aromatic rings. The first-order valence-electron chi connectivity index (χ1n) is 3.40. The van der Waals surface area contributed by atoms with Crippen LogP contribution in [0.4, 0.5) is 4.79 Å². The van der Waals surface area contributed by atoms with Gasteiger partial charge in [0.2, 0.25) is 0 Å². The van der Waals surface area contributed by atoms with Gasteiger partial charge in [-0.3, -0.25) is 0 Å². The summed E-state index contributed by atoms with van der Waals surface area (Å²) in [5.41, 5.74) is 0. The van der Waals surface area contributed by atoms with Gasteiger partial charge in [0.15, 0.2) is 0 Å². The van der Waals surface area contributed by atoms with E-state index in [9.17, 15) is 4.79 Å². The molecule has 56 valence electrons. The van der Waals surface area contributed by atoms with Crippen LogP contribution < -0.4 is 5.32 Å². The van der Waals surface area contributed by atoms with E-state index < -0.39 is 0 Å². The van der Waals surface area contributed by atoms with Crippen LogP contribution in [0.25, 0.3) is 0 Å². The molecule has 0 aliphatic carbocycles. The molecule has 4 nitrogen and oxygen atoms in total. The molecule has 0 bridgehead atoms. The third-order valence-corrected chi connectivity index (χ3v) is 1.68. The Kier molecular flexibility index (Phi) is 1.27. The normalized spacial score (nSPS) is 37.0. The summed E-state index contributed by atoms with van der Waals surface area (Å²) >= 11 is 0. The number of alkyl carbamates (subject to hydrolysis) is 1. The summed E-state index contributed by atoms with van der Waals surface area (Å²) < 4.78 is 9.87. The van der Waals surface area contributed by atoms with Gasteiger partial charge in [-0.2, -0.15) is 0 Å². The Morgan fingerprint density at radius 2 is 2.40 bits per heavy atom. The number of nitrogens with one attached hydrogen (secondary N) is 1. The Labute approximate surface area is 58.5 Å². The van der Waals surface area contributed by atoms with E-state index in [-0.39, 0.29) is 12.2 Å². The van der Waals surface area contributed by atoms with E-state index in [1.807, 2.05) is 0 Å². The van der Waals surface area contributed by atoms with Crippen LogP contribution in [-0.2, 0) is 9.47 Å². The lowest BCUT2D eigenvalue weighted by molar-refractivity contribution is 0.130. The van der Waals surface area contributed by atoms with Crippen LogP contribution in [0.15, 0.2) is 0 Å². The average molecular weight is 143 g/mol. The van der Waals surface area contributed by atoms with Gasteiger partial charge < -0.3 is 14.8 Å². The van der Waals surface area contributed by atoms with Crippen LogP contribution >= 0.6 is 0 Å². The lowest BCUT2D eigenvalue weighted by atomic mass is 10.2. The fourth-order valence-corrected chi connectivity index (χ4v) is 1.06. The minimum Gasteiger partial charge on any atom is -0.444 e. The molecule has 2 rings (SSSR count). The van der Waals surface area contributed by atoms with Crippen molar-refractivity contribution >= 4 is 6.09 Å². The molecule has 0 aromatic carbocycles. The molecular formula is C6H9NO3. The molecule has 2 atom stereocenters. The van der Waals surface area contributed by atoms with Gasteiger partial charge in [-0.25, -0.2) is 4.79 Å². The number of hydrogen-bond donors (Lipinski definition) is 1. The van der Waals surface area contributed by atoms with Crippen molar-refractivity contribution in [2.24, 2.45) is 0 Å². The minimum absolute atomic E-state index is 0.0417. The van der Waals surface area contributed by atoms with Crippen molar-refractivity contribution in [3.63, 3.8) is 0 Å². The molecule has 1 N–H and O–H groups in total. The number of carbonyl (C=O) groups is 1. The number of rotatable bonds is 2. The van der Waals surface area contributed by atoms with Crippen LogP contribution in [-0.4, -0.2) is 31.5 Å². The van der Waals surface area contributed by atoms with Crippen molar-refractivity contribution < 1.29 is 14.3 Å². The van der Waals surface area contributed by atoms with E-state index in [1.54, 1.807) is 0 Å². The molecule has 0 spiro atoms. The monoisotopic (exact) mass is 143 g/mol. The second kappa shape index (κ2) is 2.12. The number of ether oxygens (including phenoxy) is 2. The molecule has 10 heavy (non-hydrogen) atoms. The number of carbonyl (C=O) groups excluding carboxylic acids is 1. The van der Waals surface area contributed by atoms with Gasteiger partial charge in [-0.15, -0.1) is 0 Å². The third-order valence-electron chi connectivity index (χ3n) is 1.68. The van der Waals surface area contributed by atoms with Crippen molar-refractivity contribution in [1.29, 1.82) is 0 Å². The average Bonchev–Trinajstić information content (AvgIpc) is 2.59. The maximum Gasteiger partial charge on any atom is 0.407 e. The highest BCUT2D eigenvalue weighted by Gasteiger charge is 2.31. The molecule has 0 radical (unpaired) electrons. The molecule has 2 unspecified atom stereocenters. The SMILES string of the molecule is O=C1NCC(CC2CO2)O1. The number of cyclic esters (lactones) is 1. The number of epoxide rings is 1. The van der Waals surface area contributed by atoms with Gasteiger partial charge >= 0.3 is 6.09 Å². The second-order valence-electron chi connectivity index (χ2n) is 2.60. The summed E-state index contributed by atoms with van der Waals surface area (Å²) in [7, 11) is 0. The van der Waals surface area contributed by atoms with Crippen LogP contribution in [0.1, 0.15) is 6.42 Å². The van der Waals surface area contributed by atoms with Gasteiger partial charge in [0.25, 0.3) is 0 Å². The fourth-order valence-electron chi connectivity index (χ4n) is 1.06. The van der Waals surface area contributed by atoms with E-state index in [0.29, 0.717) is 12.6 Å². The maximum atomic E-state index is 10.5. The number of hydrogen-bond acceptors (Lipinski definition) is 3. The number of amides is 1. The van der Waals surface area contributed by atoms with Crippen molar-refractivity contribution in [3.05, 3.63) is 0 Å². The Balaban J connectivity index is 1.77. The van der Waals surface area contributed by atoms with E-state index in [4.69, 9.17) is 9.47 Å². The predicted octanol–water partition coefficient (Wildman–Crippen LogP) is -0.116. The first-order chi connectivity index (χ1) is 4.84. The summed E-state index contributed by atoms with van der Waals surface area (Å²) in [6, 6.07) is 0. The highest BCUT2D eigenvalue weighted by molar-refractivity contribution is 5.69. The smallest absolute Gasteiger partial charge is 0.407 e. The second-order valence-corrected chi connectivity index (χ2v) is 2.60. The first-order valence-corrected chi connectivity index (χ1v) is 3.40. The summed E-state index contributed by atoms with van der Waals surface area (Å²) in [5, 5.41) is 2.59. The fraction of sp³-hybridized carbons (Fsp3) is 0.833. The van der Waals surface area contributed by atoms with Gasteiger partial charge in [-0.1, -0.05) is 0 Å². The van der Waals surface area contributed by atoms with E-state index in [0.717, 1.165) is 13.0 Å². The lowest BCUT2D eigenvalue weighted by Gasteiger charge is -2.02. The summed E-state index contributed by atoms with van der Waals surface area (Å²) in [6.07, 6.45) is 0.932. The Bertz CT molecular complexity index is 155. The molecule has 2 fully saturated rings. The first kappa shape index (κ1) is 5.97. The van der Waals surface area contributed by atoms with Crippen molar-refractivity contribution in [2.75, 3.05) is 13.2 Å². The van der Waals surface area contributed by atoms with Crippen molar-refractivity contribution in [3.8, 4) is 0 Å². The van der Waals surface area contributed by atoms with Crippen molar-refractivity contribution in [2.45, 2.75) is 18.6 Å². The van der Waals surface area contributed by atoms with Gasteiger partial charge in [-0.05, 0) is 0 Å². The van der Waals surface area contributed by atoms with Crippen LogP contribution in [0, 0.1) is 0 Å². The van der Waals surface area contributed by atoms with Gasteiger partial charge in [0.05, 0.1) is 19.3 Å². The predicted molar refractivity (Wildman–Crippen MR) is 32.6 cm³/mol. The lowest BCUT2D eigenvalue weighted by Crippen LogP contribution is -2.16. The maximum absolute atomic E-state index is 10.5. The largest absolute Gasteiger partial charge is 0.444 e. The molecule has 2 heterocycles. The molecule has 0 saturated carbocycles. The van der Waals surface area contributed by atoms with Gasteiger partial charge in [0.1, 0.15) is 6.10 Å². The molecule has 2 aliphatic heterocycles. The Morgan fingerprint density at radius 3 is 2.90 bits per heavy atom. The van der Waals surface area contributed by atoms with Crippen LogP contribution in [0.5, 0.6) is 0 Å².